The average molecular weight is 390 g/mol. The van der Waals surface area contributed by atoms with Crippen LogP contribution >= 0.6 is 15.9 Å². The first kappa shape index (κ1) is 17.3. The van der Waals surface area contributed by atoms with Crippen molar-refractivity contribution in [3.05, 3.63) is 57.1 Å². The zero-order valence-electron chi connectivity index (χ0n) is 14.7. The lowest BCUT2D eigenvalue weighted by Gasteiger charge is -2.24. The number of aryl methyl sites for hydroxylation is 1. The highest BCUT2D eigenvalue weighted by Gasteiger charge is 2.27. The molecule has 3 nitrogen and oxygen atoms in total. The molecule has 128 valence electrons. The molecule has 3 rings (SSSR count). The maximum Gasteiger partial charge on any atom is 0.175 e. The van der Waals surface area contributed by atoms with Gasteiger partial charge in [-0.2, -0.15) is 0 Å². The third kappa shape index (κ3) is 3.17. The Hall–Kier alpha value is -1.52. The predicted molar refractivity (Wildman–Crippen MR) is 101 cm³/mol. The van der Waals surface area contributed by atoms with E-state index in [2.05, 4.69) is 65.1 Å². The van der Waals surface area contributed by atoms with Crippen molar-refractivity contribution in [2.75, 3.05) is 34.4 Å². The molecule has 1 heterocycles. The van der Waals surface area contributed by atoms with Gasteiger partial charge in [-0.25, -0.2) is 0 Å². The fourth-order valence-corrected chi connectivity index (χ4v) is 4.33. The summed E-state index contributed by atoms with van der Waals surface area (Å²) >= 11 is 3.76. The van der Waals surface area contributed by atoms with Gasteiger partial charge >= 0.3 is 0 Å². The van der Waals surface area contributed by atoms with Crippen LogP contribution in [-0.4, -0.2) is 39.3 Å². The SMILES string of the molecule is COc1cc2c(c(Br)c1OC)CCN(C)C[C@H]2c1cccc(C)c1. The lowest BCUT2D eigenvalue weighted by atomic mass is 9.87. The summed E-state index contributed by atoms with van der Waals surface area (Å²) in [6.07, 6.45) is 0.995. The van der Waals surface area contributed by atoms with Crippen LogP contribution in [0.4, 0.5) is 0 Å². The Morgan fingerprint density at radius 2 is 1.96 bits per heavy atom. The van der Waals surface area contributed by atoms with Gasteiger partial charge in [0.25, 0.3) is 0 Å². The van der Waals surface area contributed by atoms with Crippen molar-refractivity contribution in [3.63, 3.8) is 0 Å². The summed E-state index contributed by atoms with van der Waals surface area (Å²) in [6, 6.07) is 11.0. The molecule has 2 aromatic rings. The monoisotopic (exact) mass is 389 g/mol. The van der Waals surface area contributed by atoms with E-state index in [0.29, 0.717) is 5.92 Å². The number of halogens is 1. The second-order valence-electron chi connectivity index (χ2n) is 6.47. The Morgan fingerprint density at radius 3 is 2.62 bits per heavy atom. The molecule has 0 radical (unpaired) electrons. The van der Waals surface area contributed by atoms with E-state index < -0.39 is 0 Å². The fraction of sp³-hybridized carbons (Fsp3) is 0.400. The number of benzene rings is 2. The summed E-state index contributed by atoms with van der Waals surface area (Å²) in [4.78, 5) is 2.40. The minimum absolute atomic E-state index is 0.323. The Morgan fingerprint density at radius 1 is 1.17 bits per heavy atom. The molecule has 0 aliphatic carbocycles. The average Bonchev–Trinajstić information content (AvgIpc) is 2.74. The first-order valence-corrected chi connectivity index (χ1v) is 9.02. The van der Waals surface area contributed by atoms with Gasteiger partial charge in [0.15, 0.2) is 11.5 Å². The van der Waals surface area contributed by atoms with Crippen LogP contribution in [0.15, 0.2) is 34.8 Å². The Balaban J connectivity index is 2.20. The topological polar surface area (TPSA) is 21.7 Å². The van der Waals surface area contributed by atoms with Crippen LogP contribution in [0.1, 0.15) is 28.2 Å². The first-order valence-electron chi connectivity index (χ1n) is 8.23. The number of rotatable bonds is 3. The van der Waals surface area contributed by atoms with E-state index in [1.165, 1.54) is 22.3 Å². The van der Waals surface area contributed by atoms with E-state index in [1.807, 2.05) is 0 Å². The van der Waals surface area contributed by atoms with Crippen LogP contribution in [0.25, 0.3) is 0 Å². The normalized spacial score (nSPS) is 18.0. The van der Waals surface area contributed by atoms with Gasteiger partial charge in [0.1, 0.15) is 0 Å². The van der Waals surface area contributed by atoms with Gasteiger partial charge in [0.05, 0.1) is 18.7 Å². The maximum absolute atomic E-state index is 5.59. The number of hydrogen-bond acceptors (Lipinski definition) is 3. The molecule has 0 saturated heterocycles. The molecule has 2 aromatic carbocycles. The molecule has 0 bridgehead atoms. The molecular formula is C20H24BrNO2. The van der Waals surface area contributed by atoms with Crippen LogP contribution in [0.3, 0.4) is 0 Å². The zero-order chi connectivity index (χ0) is 17.3. The van der Waals surface area contributed by atoms with Gasteiger partial charge in [-0.3, -0.25) is 0 Å². The standard InChI is InChI=1S/C20H24BrNO2/c1-13-6-5-7-14(10-13)17-12-22(2)9-8-15-16(17)11-18(23-3)20(24-4)19(15)21/h5-7,10-11,17H,8-9,12H2,1-4H3/t17-/m0/s1. The van der Waals surface area contributed by atoms with Gasteiger partial charge in [-0.1, -0.05) is 29.8 Å². The number of hydrogen-bond donors (Lipinski definition) is 0. The molecule has 24 heavy (non-hydrogen) atoms. The maximum atomic E-state index is 5.59. The van der Waals surface area contributed by atoms with Crippen LogP contribution in [0.2, 0.25) is 0 Å². The van der Waals surface area contributed by atoms with E-state index >= 15 is 0 Å². The van der Waals surface area contributed by atoms with Gasteiger partial charge in [0.2, 0.25) is 0 Å². The summed E-state index contributed by atoms with van der Waals surface area (Å²) in [5, 5.41) is 0. The molecule has 0 aromatic heterocycles. The number of nitrogens with zero attached hydrogens (tertiary/aromatic N) is 1. The molecule has 1 aliphatic heterocycles. The highest BCUT2D eigenvalue weighted by atomic mass is 79.9. The van der Waals surface area contributed by atoms with Gasteiger partial charge in [-0.15, -0.1) is 0 Å². The summed E-state index contributed by atoms with van der Waals surface area (Å²) in [5.74, 6) is 1.89. The van der Waals surface area contributed by atoms with Crippen LogP contribution in [0, 0.1) is 6.92 Å². The summed E-state index contributed by atoms with van der Waals surface area (Å²) in [7, 11) is 5.58. The summed E-state index contributed by atoms with van der Waals surface area (Å²) in [5.41, 5.74) is 5.29. The van der Waals surface area contributed by atoms with E-state index in [4.69, 9.17) is 9.47 Å². The van der Waals surface area contributed by atoms with E-state index in [0.717, 1.165) is 35.5 Å². The Bertz CT molecular complexity index is 745. The van der Waals surface area contributed by atoms with Crippen LogP contribution in [0.5, 0.6) is 11.5 Å². The molecule has 0 unspecified atom stereocenters. The molecule has 0 N–H and O–H groups in total. The van der Waals surface area contributed by atoms with Crippen molar-refractivity contribution in [1.29, 1.82) is 0 Å². The minimum atomic E-state index is 0.323. The summed E-state index contributed by atoms with van der Waals surface area (Å²) in [6.45, 7) is 4.18. The molecule has 0 amide bonds. The largest absolute Gasteiger partial charge is 0.493 e. The van der Waals surface area contributed by atoms with E-state index in [-0.39, 0.29) is 0 Å². The van der Waals surface area contributed by atoms with Crippen molar-refractivity contribution in [2.24, 2.45) is 0 Å². The Kier molecular flexibility index (Phi) is 5.16. The van der Waals surface area contributed by atoms with Gasteiger partial charge < -0.3 is 14.4 Å². The second kappa shape index (κ2) is 7.16. The van der Waals surface area contributed by atoms with Gasteiger partial charge in [-0.05, 0) is 59.1 Å². The van der Waals surface area contributed by atoms with Crippen molar-refractivity contribution in [2.45, 2.75) is 19.3 Å². The summed E-state index contributed by atoms with van der Waals surface area (Å²) < 4.78 is 12.2. The highest BCUT2D eigenvalue weighted by Crippen LogP contribution is 2.44. The van der Waals surface area contributed by atoms with E-state index in [1.54, 1.807) is 14.2 Å². The smallest absolute Gasteiger partial charge is 0.175 e. The lowest BCUT2D eigenvalue weighted by Crippen LogP contribution is -2.24. The predicted octanol–water partition coefficient (Wildman–Crippen LogP) is 4.39. The molecule has 1 atom stereocenters. The highest BCUT2D eigenvalue weighted by molar-refractivity contribution is 9.10. The number of fused-ring (bicyclic) bond motifs is 1. The van der Waals surface area contributed by atoms with Crippen molar-refractivity contribution < 1.29 is 9.47 Å². The fourth-order valence-electron chi connectivity index (χ4n) is 3.55. The quantitative estimate of drug-likeness (QED) is 0.776. The van der Waals surface area contributed by atoms with Crippen molar-refractivity contribution in [3.8, 4) is 11.5 Å². The van der Waals surface area contributed by atoms with Crippen LogP contribution < -0.4 is 9.47 Å². The first-order chi connectivity index (χ1) is 11.5. The lowest BCUT2D eigenvalue weighted by molar-refractivity contribution is 0.337. The molecule has 0 saturated carbocycles. The van der Waals surface area contributed by atoms with E-state index in [9.17, 15) is 0 Å². The number of ether oxygens (including phenoxy) is 2. The third-order valence-electron chi connectivity index (χ3n) is 4.80. The third-order valence-corrected chi connectivity index (χ3v) is 5.64. The minimum Gasteiger partial charge on any atom is -0.493 e. The van der Waals surface area contributed by atoms with Gasteiger partial charge in [0, 0.05) is 19.0 Å². The van der Waals surface area contributed by atoms with Crippen molar-refractivity contribution in [1.82, 2.24) is 4.90 Å². The molecule has 1 aliphatic rings. The molecule has 0 spiro atoms. The number of likely N-dealkylation sites (N-methyl/N-ethyl adjacent to an activating group) is 1. The number of methoxy groups -OCH3 is 2. The molecular weight excluding hydrogens is 366 g/mol. The Labute approximate surface area is 152 Å². The molecule has 0 fully saturated rings. The second-order valence-corrected chi connectivity index (χ2v) is 7.27. The van der Waals surface area contributed by atoms with Crippen LogP contribution in [-0.2, 0) is 6.42 Å². The van der Waals surface area contributed by atoms with Crippen molar-refractivity contribution >= 4 is 15.9 Å². The zero-order valence-corrected chi connectivity index (χ0v) is 16.3. The molecule has 4 heteroatoms.